The fourth-order valence-corrected chi connectivity index (χ4v) is 1.18. The highest BCUT2D eigenvalue weighted by molar-refractivity contribution is 5.78. The third-order valence-electron chi connectivity index (χ3n) is 2.21. The fraction of sp³-hybridized carbons (Fsp3) is 0.444. The quantitative estimate of drug-likeness (QED) is 0.642. The highest BCUT2D eigenvalue weighted by atomic mass is 16.4. The van der Waals surface area contributed by atoms with Crippen LogP contribution in [-0.2, 0) is 4.79 Å². The van der Waals surface area contributed by atoms with Crippen molar-refractivity contribution in [2.45, 2.75) is 18.9 Å². The van der Waals surface area contributed by atoms with Crippen LogP contribution in [0.3, 0.4) is 0 Å². The van der Waals surface area contributed by atoms with Gasteiger partial charge in [0.05, 0.1) is 0 Å². The van der Waals surface area contributed by atoms with E-state index in [2.05, 4.69) is 0 Å². The molecule has 0 aliphatic heterocycles. The Bertz CT molecular complexity index is 241. The van der Waals surface area contributed by atoms with Crippen molar-refractivity contribution < 1.29 is 9.90 Å². The number of hydrogen-bond acceptors (Lipinski definition) is 2. The van der Waals surface area contributed by atoms with Gasteiger partial charge in [0.25, 0.3) is 0 Å². The van der Waals surface area contributed by atoms with Gasteiger partial charge < -0.3 is 10.8 Å². The summed E-state index contributed by atoms with van der Waals surface area (Å²) in [7, 11) is 0. The summed E-state index contributed by atoms with van der Waals surface area (Å²) < 4.78 is 0. The lowest BCUT2D eigenvalue weighted by Gasteiger charge is -2.27. The van der Waals surface area contributed by atoms with Gasteiger partial charge in [-0.15, -0.1) is 0 Å². The predicted octanol–water partition coefficient (Wildman–Crippen LogP) is 0.921. The number of carbonyl (C=O) groups is 1. The largest absolute Gasteiger partial charge is 0.480 e. The van der Waals surface area contributed by atoms with Crippen molar-refractivity contribution in [3.8, 4) is 0 Å². The highest BCUT2D eigenvalue weighted by Gasteiger charge is 2.35. The molecule has 1 unspecified atom stereocenters. The number of carboxylic acids is 1. The van der Waals surface area contributed by atoms with Crippen molar-refractivity contribution in [2.75, 3.05) is 0 Å². The molecule has 0 saturated heterocycles. The Labute approximate surface area is 71.6 Å². The van der Waals surface area contributed by atoms with Gasteiger partial charge >= 0.3 is 5.97 Å². The second-order valence-electron chi connectivity index (χ2n) is 3.24. The second kappa shape index (κ2) is 3.11. The summed E-state index contributed by atoms with van der Waals surface area (Å²) in [5, 5.41) is 8.81. The van der Waals surface area contributed by atoms with E-state index in [0.29, 0.717) is 6.42 Å². The van der Waals surface area contributed by atoms with Crippen LogP contribution in [0.2, 0.25) is 0 Å². The smallest absolute Gasteiger partial charge is 0.324 e. The molecule has 66 valence electrons. The molecule has 1 aliphatic rings. The van der Waals surface area contributed by atoms with E-state index in [0.717, 1.165) is 0 Å². The molecule has 1 rings (SSSR count). The van der Waals surface area contributed by atoms with Crippen molar-refractivity contribution >= 4 is 5.97 Å². The minimum atomic E-state index is -1.15. The number of allylic oxidation sites excluding steroid dienone is 3. The maximum atomic E-state index is 10.7. The number of hydrogen-bond donors (Lipinski definition) is 2. The van der Waals surface area contributed by atoms with Crippen LogP contribution in [0, 0.1) is 5.92 Å². The molecule has 3 N–H and O–H groups in total. The van der Waals surface area contributed by atoms with Crippen LogP contribution in [-0.4, -0.2) is 16.6 Å². The summed E-state index contributed by atoms with van der Waals surface area (Å²) in [6.07, 6.45) is 8.21. The van der Waals surface area contributed by atoms with E-state index in [1.807, 2.05) is 24.3 Å². The number of rotatable bonds is 2. The fourth-order valence-electron chi connectivity index (χ4n) is 1.18. The van der Waals surface area contributed by atoms with Crippen LogP contribution in [0.15, 0.2) is 24.3 Å². The molecule has 0 bridgehead atoms. The summed E-state index contributed by atoms with van der Waals surface area (Å²) in [5.41, 5.74) is 4.50. The SMILES string of the molecule is C[C@](N)(C(=O)O)C1C=CC=CC1. The molecule has 0 amide bonds. The lowest BCUT2D eigenvalue weighted by atomic mass is 9.82. The topological polar surface area (TPSA) is 63.3 Å². The molecule has 1 aliphatic carbocycles. The maximum Gasteiger partial charge on any atom is 0.324 e. The van der Waals surface area contributed by atoms with Gasteiger partial charge in [-0.3, -0.25) is 4.79 Å². The van der Waals surface area contributed by atoms with Crippen LogP contribution in [0.5, 0.6) is 0 Å². The molecule has 0 aromatic carbocycles. The molecule has 0 spiro atoms. The molecule has 0 radical (unpaired) electrons. The van der Waals surface area contributed by atoms with Crippen molar-refractivity contribution in [1.29, 1.82) is 0 Å². The average molecular weight is 167 g/mol. The van der Waals surface area contributed by atoms with Crippen LogP contribution >= 0.6 is 0 Å². The second-order valence-corrected chi connectivity index (χ2v) is 3.24. The van der Waals surface area contributed by atoms with Gasteiger partial charge in [0.2, 0.25) is 0 Å². The molecule has 12 heavy (non-hydrogen) atoms. The Balaban J connectivity index is 2.75. The zero-order valence-corrected chi connectivity index (χ0v) is 7.03. The van der Waals surface area contributed by atoms with Gasteiger partial charge in [-0.1, -0.05) is 24.3 Å². The summed E-state index contributed by atoms with van der Waals surface area (Å²) in [5.74, 6) is -1.05. The van der Waals surface area contributed by atoms with E-state index in [-0.39, 0.29) is 5.92 Å². The molecule has 0 aromatic rings. The Morgan fingerprint density at radius 2 is 2.33 bits per heavy atom. The third-order valence-corrected chi connectivity index (χ3v) is 2.21. The molecule has 0 heterocycles. The van der Waals surface area contributed by atoms with Gasteiger partial charge in [-0.05, 0) is 13.3 Å². The van der Waals surface area contributed by atoms with Gasteiger partial charge in [0, 0.05) is 5.92 Å². The van der Waals surface area contributed by atoms with Crippen molar-refractivity contribution in [3.63, 3.8) is 0 Å². The van der Waals surface area contributed by atoms with E-state index in [1.54, 1.807) is 6.92 Å². The Morgan fingerprint density at radius 1 is 1.67 bits per heavy atom. The van der Waals surface area contributed by atoms with Crippen LogP contribution in [0.4, 0.5) is 0 Å². The van der Waals surface area contributed by atoms with Crippen molar-refractivity contribution in [2.24, 2.45) is 11.7 Å². The van der Waals surface area contributed by atoms with E-state index < -0.39 is 11.5 Å². The van der Waals surface area contributed by atoms with Crippen molar-refractivity contribution in [3.05, 3.63) is 24.3 Å². The summed E-state index contributed by atoms with van der Waals surface area (Å²) in [6.45, 7) is 1.55. The van der Waals surface area contributed by atoms with Crippen LogP contribution in [0.25, 0.3) is 0 Å². The summed E-state index contributed by atoms with van der Waals surface area (Å²) in [6, 6.07) is 0. The Hall–Kier alpha value is -1.09. The van der Waals surface area contributed by atoms with E-state index >= 15 is 0 Å². The lowest BCUT2D eigenvalue weighted by Crippen LogP contribution is -2.50. The van der Waals surface area contributed by atoms with Gasteiger partial charge in [0.15, 0.2) is 0 Å². The molecule has 0 fully saturated rings. The first-order chi connectivity index (χ1) is 5.55. The first kappa shape index (κ1) is 9.00. The minimum Gasteiger partial charge on any atom is -0.480 e. The van der Waals surface area contributed by atoms with E-state index in [4.69, 9.17) is 10.8 Å². The molecule has 3 heteroatoms. The van der Waals surface area contributed by atoms with Crippen molar-refractivity contribution in [1.82, 2.24) is 0 Å². The Kier molecular flexibility index (Phi) is 2.33. The van der Waals surface area contributed by atoms with E-state index in [9.17, 15) is 4.79 Å². The summed E-state index contributed by atoms with van der Waals surface area (Å²) >= 11 is 0. The normalized spacial score (nSPS) is 26.7. The first-order valence-corrected chi connectivity index (χ1v) is 3.90. The van der Waals surface area contributed by atoms with Gasteiger partial charge in [0.1, 0.15) is 5.54 Å². The molecule has 0 saturated carbocycles. The zero-order chi connectivity index (χ0) is 9.19. The Morgan fingerprint density at radius 3 is 2.75 bits per heavy atom. The van der Waals surface area contributed by atoms with E-state index in [1.165, 1.54) is 0 Å². The monoisotopic (exact) mass is 167 g/mol. The third kappa shape index (κ3) is 1.56. The maximum absolute atomic E-state index is 10.7. The van der Waals surface area contributed by atoms with Gasteiger partial charge in [-0.2, -0.15) is 0 Å². The molecular weight excluding hydrogens is 154 g/mol. The summed E-state index contributed by atoms with van der Waals surface area (Å²) in [4.78, 5) is 10.7. The van der Waals surface area contributed by atoms with Crippen LogP contribution < -0.4 is 5.73 Å². The molecule has 0 aromatic heterocycles. The molecule has 2 atom stereocenters. The lowest BCUT2D eigenvalue weighted by molar-refractivity contribution is -0.144. The predicted molar refractivity (Wildman–Crippen MR) is 46.6 cm³/mol. The van der Waals surface area contributed by atoms with Gasteiger partial charge in [-0.25, -0.2) is 0 Å². The average Bonchev–Trinajstić information content (AvgIpc) is 2.06. The number of nitrogens with two attached hydrogens (primary N) is 1. The standard InChI is InChI=1S/C9H13NO2/c1-9(10,8(11)12)7-5-3-2-4-6-7/h2-5,7H,6,10H2,1H3,(H,11,12)/t7?,9-/m1/s1. The first-order valence-electron chi connectivity index (χ1n) is 3.90. The molecular formula is C9H13NO2. The minimum absolute atomic E-state index is 0.0972. The van der Waals surface area contributed by atoms with Crippen LogP contribution in [0.1, 0.15) is 13.3 Å². The number of carboxylic acid groups (broad SMARTS) is 1. The zero-order valence-electron chi connectivity index (χ0n) is 7.03. The highest BCUT2D eigenvalue weighted by Crippen LogP contribution is 2.23. The number of aliphatic carboxylic acids is 1. The molecule has 3 nitrogen and oxygen atoms in total.